The molecule has 0 spiro atoms. The zero-order chi connectivity index (χ0) is 14.2. The van der Waals surface area contributed by atoms with Crippen molar-refractivity contribution >= 4 is 17.7 Å². The summed E-state index contributed by atoms with van der Waals surface area (Å²) >= 11 is 0. The van der Waals surface area contributed by atoms with Gasteiger partial charge in [-0.05, 0) is 25.0 Å². The second-order valence-corrected chi connectivity index (χ2v) is 5.25. The lowest BCUT2D eigenvalue weighted by Gasteiger charge is -2.36. The summed E-state index contributed by atoms with van der Waals surface area (Å²) in [4.78, 5) is 27.2. The second-order valence-electron chi connectivity index (χ2n) is 5.25. The summed E-state index contributed by atoms with van der Waals surface area (Å²) in [5.41, 5.74) is -1.13. The summed E-state index contributed by atoms with van der Waals surface area (Å²) in [6.07, 6.45) is 2.55. The lowest BCUT2D eigenvalue weighted by molar-refractivity contribution is -0.153. The predicted molar refractivity (Wildman–Crippen MR) is 70.1 cm³/mol. The fraction of sp³-hybridized carbons (Fsp3) is 0.538. The first-order valence-electron chi connectivity index (χ1n) is 6.69. The van der Waals surface area contributed by atoms with Gasteiger partial charge in [0.25, 0.3) is 0 Å². The van der Waals surface area contributed by atoms with Crippen molar-refractivity contribution in [1.82, 2.24) is 15.1 Å². The molecule has 2 heterocycles. The maximum absolute atomic E-state index is 12.3. The SMILES string of the molecule is O=C(O)C1(C(=O)N2CCN(c3cccnn3)CC2)CC1. The van der Waals surface area contributed by atoms with E-state index in [1.54, 1.807) is 11.1 Å². The van der Waals surface area contributed by atoms with Gasteiger partial charge in [0.2, 0.25) is 5.91 Å². The van der Waals surface area contributed by atoms with Gasteiger partial charge >= 0.3 is 5.97 Å². The van der Waals surface area contributed by atoms with Crippen molar-refractivity contribution in [2.75, 3.05) is 31.1 Å². The van der Waals surface area contributed by atoms with Crippen LogP contribution in [-0.2, 0) is 9.59 Å². The Kier molecular flexibility index (Phi) is 3.04. The van der Waals surface area contributed by atoms with Gasteiger partial charge in [-0.2, -0.15) is 5.10 Å². The number of carbonyl (C=O) groups excluding carboxylic acids is 1. The highest BCUT2D eigenvalue weighted by molar-refractivity contribution is 6.04. The average molecular weight is 276 g/mol. The Morgan fingerprint density at radius 1 is 1.20 bits per heavy atom. The minimum atomic E-state index is -1.13. The number of anilines is 1. The Morgan fingerprint density at radius 3 is 2.40 bits per heavy atom. The van der Waals surface area contributed by atoms with Crippen molar-refractivity contribution in [3.63, 3.8) is 0 Å². The van der Waals surface area contributed by atoms with E-state index in [1.807, 2.05) is 12.1 Å². The predicted octanol–water partition coefficient (Wildman–Crippen LogP) is -0.0100. The molecule has 106 valence electrons. The molecule has 0 bridgehead atoms. The highest BCUT2D eigenvalue weighted by atomic mass is 16.4. The minimum Gasteiger partial charge on any atom is -0.480 e. The largest absolute Gasteiger partial charge is 0.480 e. The molecule has 0 atom stereocenters. The van der Waals surface area contributed by atoms with Crippen molar-refractivity contribution in [3.05, 3.63) is 18.3 Å². The fourth-order valence-electron chi connectivity index (χ4n) is 2.55. The van der Waals surface area contributed by atoms with Crippen LogP contribution in [0.25, 0.3) is 0 Å². The molecular weight excluding hydrogens is 260 g/mol. The molecule has 1 aliphatic carbocycles. The third-order valence-corrected chi connectivity index (χ3v) is 4.02. The molecule has 1 saturated carbocycles. The third-order valence-electron chi connectivity index (χ3n) is 4.02. The first-order chi connectivity index (χ1) is 9.63. The Bertz CT molecular complexity index is 522. The van der Waals surface area contributed by atoms with Gasteiger partial charge in [-0.1, -0.05) is 0 Å². The lowest BCUT2D eigenvalue weighted by atomic mass is 10.1. The fourth-order valence-corrected chi connectivity index (χ4v) is 2.55. The number of carboxylic acids is 1. The summed E-state index contributed by atoms with van der Waals surface area (Å²) < 4.78 is 0. The molecule has 1 amide bonds. The molecule has 1 aromatic heterocycles. The molecule has 1 saturated heterocycles. The van der Waals surface area contributed by atoms with E-state index in [0.717, 1.165) is 5.82 Å². The maximum atomic E-state index is 12.3. The van der Waals surface area contributed by atoms with Crippen LogP contribution in [0.1, 0.15) is 12.8 Å². The van der Waals surface area contributed by atoms with Crippen LogP contribution >= 0.6 is 0 Å². The van der Waals surface area contributed by atoms with Crippen LogP contribution in [0.3, 0.4) is 0 Å². The van der Waals surface area contributed by atoms with Crippen molar-refractivity contribution in [2.45, 2.75) is 12.8 Å². The highest BCUT2D eigenvalue weighted by Crippen LogP contribution is 2.47. The van der Waals surface area contributed by atoms with Crippen molar-refractivity contribution in [3.8, 4) is 0 Å². The second kappa shape index (κ2) is 4.73. The molecule has 0 radical (unpaired) electrons. The topological polar surface area (TPSA) is 86.6 Å². The molecule has 7 heteroatoms. The first-order valence-corrected chi connectivity index (χ1v) is 6.69. The van der Waals surface area contributed by atoms with Crippen LogP contribution in [-0.4, -0.2) is 58.3 Å². The standard InChI is InChI=1S/C13H16N4O3/c18-11(13(3-4-13)12(19)20)17-8-6-16(7-9-17)10-2-1-5-14-15-10/h1-2,5H,3-4,6-9H2,(H,19,20). The molecule has 0 unspecified atom stereocenters. The van der Waals surface area contributed by atoms with Crippen molar-refractivity contribution < 1.29 is 14.7 Å². The number of piperazine rings is 1. The van der Waals surface area contributed by atoms with Crippen LogP contribution in [0.2, 0.25) is 0 Å². The number of hydrogen-bond acceptors (Lipinski definition) is 5. The molecule has 0 aromatic carbocycles. The number of nitrogens with zero attached hydrogens (tertiary/aromatic N) is 4. The Morgan fingerprint density at radius 2 is 1.90 bits per heavy atom. The van der Waals surface area contributed by atoms with Crippen molar-refractivity contribution in [1.29, 1.82) is 0 Å². The Labute approximate surface area is 116 Å². The molecule has 1 aliphatic heterocycles. The van der Waals surface area contributed by atoms with Gasteiger partial charge in [-0.3, -0.25) is 9.59 Å². The molecule has 7 nitrogen and oxygen atoms in total. The molecule has 1 aromatic rings. The van der Waals surface area contributed by atoms with E-state index in [2.05, 4.69) is 15.1 Å². The molecule has 1 N–H and O–H groups in total. The van der Waals surface area contributed by atoms with Crippen LogP contribution in [0, 0.1) is 5.41 Å². The van der Waals surface area contributed by atoms with Gasteiger partial charge in [-0.25, -0.2) is 0 Å². The summed E-state index contributed by atoms with van der Waals surface area (Å²) in [5, 5.41) is 17.0. The quantitative estimate of drug-likeness (QED) is 0.781. The summed E-state index contributed by atoms with van der Waals surface area (Å²) in [7, 11) is 0. The lowest BCUT2D eigenvalue weighted by Crippen LogP contribution is -2.52. The number of carbonyl (C=O) groups is 2. The molecule has 2 aliphatic rings. The van der Waals surface area contributed by atoms with E-state index in [0.29, 0.717) is 39.0 Å². The van der Waals surface area contributed by atoms with Crippen LogP contribution in [0.15, 0.2) is 18.3 Å². The third kappa shape index (κ3) is 2.09. The van der Waals surface area contributed by atoms with E-state index in [4.69, 9.17) is 5.11 Å². The van der Waals surface area contributed by atoms with Gasteiger partial charge in [0.1, 0.15) is 5.41 Å². The number of amides is 1. The number of carboxylic acid groups (broad SMARTS) is 1. The highest BCUT2D eigenvalue weighted by Gasteiger charge is 2.58. The van der Waals surface area contributed by atoms with Crippen LogP contribution in [0.5, 0.6) is 0 Å². The Balaban J connectivity index is 1.62. The summed E-state index contributed by atoms with van der Waals surface area (Å²) in [6, 6.07) is 3.70. The zero-order valence-electron chi connectivity index (χ0n) is 11.0. The van der Waals surface area contributed by atoms with Gasteiger partial charge in [0, 0.05) is 32.4 Å². The van der Waals surface area contributed by atoms with E-state index < -0.39 is 11.4 Å². The zero-order valence-corrected chi connectivity index (χ0v) is 11.0. The van der Waals surface area contributed by atoms with E-state index in [1.165, 1.54) is 0 Å². The van der Waals surface area contributed by atoms with Gasteiger partial charge in [-0.15, -0.1) is 5.10 Å². The number of rotatable bonds is 3. The molecule has 3 rings (SSSR count). The smallest absolute Gasteiger partial charge is 0.319 e. The number of aliphatic carboxylic acids is 1. The van der Waals surface area contributed by atoms with Crippen LogP contribution < -0.4 is 4.90 Å². The maximum Gasteiger partial charge on any atom is 0.319 e. The van der Waals surface area contributed by atoms with E-state index in [9.17, 15) is 9.59 Å². The first kappa shape index (κ1) is 12.8. The average Bonchev–Trinajstić information content (AvgIpc) is 3.29. The number of hydrogen-bond donors (Lipinski definition) is 1. The van der Waals surface area contributed by atoms with E-state index >= 15 is 0 Å². The molecule has 20 heavy (non-hydrogen) atoms. The molecule has 2 fully saturated rings. The minimum absolute atomic E-state index is 0.233. The van der Waals surface area contributed by atoms with Crippen molar-refractivity contribution in [2.24, 2.45) is 5.41 Å². The van der Waals surface area contributed by atoms with Crippen LogP contribution in [0.4, 0.5) is 5.82 Å². The van der Waals surface area contributed by atoms with Gasteiger partial charge in [0.05, 0.1) is 0 Å². The number of aromatic nitrogens is 2. The summed E-state index contributed by atoms with van der Waals surface area (Å²) in [5.74, 6) is -0.429. The Hall–Kier alpha value is -2.18. The van der Waals surface area contributed by atoms with E-state index in [-0.39, 0.29) is 5.91 Å². The van der Waals surface area contributed by atoms with Gasteiger partial charge in [0.15, 0.2) is 5.82 Å². The monoisotopic (exact) mass is 276 g/mol. The molecular formula is C13H16N4O3. The normalized spacial score (nSPS) is 20.6. The van der Waals surface area contributed by atoms with Gasteiger partial charge < -0.3 is 14.9 Å². The summed E-state index contributed by atoms with van der Waals surface area (Å²) in [6.45, 7) is 2.37.